The molecular formula is C20H13Cl4N3O5S2. The Bertz CT molecular complexity index is 1280. The number of nitrogens with zero attached hydrogens (tertiary/aromatic N) is 3. The van der Waals surface area contributed by atoms with Crippen molar-refractivity contribution < 1.29 is 24.5 Å². The molecule has 2 aromatic carbocycles. The average Bonchev–Trinajstić information content (AvgIpc) is 3.34. The fraction of sp³-hybridized carbons (Fsp3) is 0.200. The number of aliphatic carboxylic acids is 1. The second kappa shape index (κ2) is 10.3. The van der Waals surface area contributed by atoms with Crippen molar-refractivity contribution in [1.82, 2.24) is 10.2 Å². The number of halogens is 4. The maximum absolute atomic E-state index is 13.1. The summed E-state index contributed by atoms with van der Waals surface area (Å²) in [5.74, 6) is -1.49. The Morgan fingerprint density at radius 1 is 1.09 bits per heavy atom. The molecule has 1 saturated heterocycles. The number of carbonyl (C=O) groups is 2. The molecule has 0 aliphatic carbocycles. The lowest BCUT2D eigenvalue weighted by Crippen LogP contribution is -2.31. The number of carboxylic acid groups (broad SMARTS) is 1. The predicted molar refractivity (Wildman–Crippen MR) is 133 cm³/mol. The molecule has 4 rings (SSSR count). The number of phenols is 1. The SMILES string of the molecule is O=C(O)CC1SC(c2cc(Cl)cc(Cl)c2O)N(c2nnc(COc3ccc(Cl)cc3Cl)s2)C1=O. The summed E-state index contributed by atoms with van der Waals surface area (Å²) >= 11 is 26.3. The van der Waals surface area contributed by atoms with E-state index >= 15 is 0 Å². The zero-order chi connectivity index (χ0) is 24.6. The van der Waals surface area contributed by atoms with Crippen LogP contribution in [0, 0.1) is 0 Å². The van der Waals surface area contributed by atoms with E-state index in [9.17, 15) is 19.8 Å². The number of thioether (sulfide) groups is 1. The van der Waals surface area contributed by atoms with Crippen molar-refractivity contribution in [1.29, 1.82) is 0 Å². The van der Waals surface area contributed by atoms with E-state index in [2.05, 4.69) is 10.2 Å². The van der Waals surface area contributed by atoms with Gasteiger partial charge in [-0.15, -0.1) is 22.0 Å². The van der Waals surface area contributed by atoms with E-state index < -0.39 is 28.9 Å². The average molecular weight is 581 g/mol. The minimum Gasteiger partial charge on any atom is -0.506 e. The standard InChI is InChI=1S/C20H13Cl4N3O5S2/c21-8-1-2-13(11(23)4-8)32-7-15-25-26-20(34-15)27-18(31)14(6-16(28)29)33-19(27)10-3-9(22)5-12(24)17(10)30/h1-5,14,19,30H,6-7H2,(H,28,29). The van der Waals surface area contributed by atoms with Crippen LogP contribution in [0.4, 0.5) is 5.13 Å². The molecule has 0 saturated carbocycles. The highest BCUT2D eigenvalue weighted by molar-refractivity contribution is 8.01. The summed E-state index contributed by atoms with van der Waals surface area (Å²) in [6.45, 7) is 0.0195. The molecule has 1 fully saturated rings. The van der Waals surface area contributed by atoms with Gasteiger partial charge in [0.05, 0.1) is 21.7 Å². The Kier molecular flexibility index (Phi) is 7.66. The van der Waals surface area contributed by atoms with Crippen molar-refractivity contribution in [3.63, 3.8) is 0 Å². The van der Waals surface area contributed by atoms with Gasteiger partial charge < -0.3 is 14.9 Å². The highest BCUT2D eigenvalue weighted by Gasteiger charge is 2.45. The monoisotopic (exact) mass is 579 g/mol. The normalized spacial score (nSPS) is 17.9. The number of amides is 1. The van der Waals surface area contributed by atoms with E-state index in [-0.39, 0.29) is 33.1 Å². The Morgan fingerprint density at radius 3 is 2.53 bits per heavy atom. The van der Waals surface area contributed by atoms with Crippen molar-refractivity contribution >= 4 is 86.5 Å². The number of carboxylic acids is 1. The van der Waals surface area contributed by atoms with Gasteiger partial charge in [-0.3, -0.25) is 14.5 Å². The maximum Gasteiger partial charge on any atom is 0.305 e. The van der Waals surface area contributed by atoms with Gasteiger partial charge in [0.25, 0.3) is 0 Å². The molecule has 0 radical (unpaired) electrons. The molecule has 1 aromatic heterocycles. The van der Waals surface area contributed by atoms with Crippen LogP contribution in [-0.2, 0) is 16.2 Å². The molecule has 178 valence electrons. The third-order valence-electron chi connectivity index (χ3n) is 4.63. The zero-order valence-corrected chi connectivity index (χ0v) is 21.4. The molecule has 0 spiro atoms. The molecule has 2 N–H and O–H groups in total. The molecule has 1 aliphatic heterocycles. The van der Waals surface area contributed by atoms with Gasteiger partial charge in [0.15, 0.2) is 5.01 Å². The Morgan fingerprint density at radius 2 is 1.82 bits per heavy atom. The highest BCUT2D eigenvalue weighted by atomic mass is 35.5. The minimum atomic E-state index is -1.13. The number of hydrogen-bond donors (Lipinski definition) is 2. The van der Waals surface area contributed by atoms with Crippen molar-refractivity contribution in [3.05, 3.63) is 61.0 Å². The number of anilines is 1. The molecular weight excluding hydrogens is 568 g/mol. The second-order valence-electron chi connectivity index (χ2n) is 6.95. The molecule has 2 unspecified atom stereocenters. The van der Waals surface area contributed by atoms with Gasteiger partial charge in [-0.25, -0.2) is 0 Å². The van der Waals surface area contributed by atoms with Crippen molar-refractivity contribution in [2.45, 2.75) is 23.7 Å². The molecule has 14 heteroatoms. The van der Waals surface area contributed by atoms with Crippen LogP contribution >= 0.6 is 69.5 Å². The van der Waals surface area contributed by atoms with E-state index in [0.717, 1.165) is 23.1 Å². The fourth-order valence-electron chi connectivity index (χ4n) is 3.15. The molecule has 1 amide bonds. The second-order valence-corrected chi connectivity index (χ2v) is 11.0. The van der Waals surface area contributed by atoms with E-state index in [1.54, 1.807) is 18.2 Å². The Labute approximate surface area is 221 Å². The van der Waals surface area contributed by atoms with E-state index in [0.29, 0.717) is 20.8 Å². The van der Waals surface area contributed by atoms with E-state index in [4.69, 9.17) is 51.1 Å². The van der Waals surface area contributed by atoms with Crippen LogP contribution in [0.3, 0.4) is 0 Å². The lowest BCUT2D eigenvalue weighted by atomic mass is 10.1. The summed E-state index contributed by atoms with van der Waals surface area (Å²) in [5, 5.41) is 27.9. The molecule has 1 aliphatic rings. The van der Waals surface area contributed by atoms with Gasteiger partial charge in [-0.2, -0.15) is 0 Å². The van der Waals surface area contributed by atoms with Crippen LogP contribution in [0.15, 0.2) is 30.3 Å². The van der Waals surface area contributed by atoms with Gasteiger partial charge in [0.1, 0.15) is 23.5 Å². The van der Waals surface area contributed by atoms with Crippen LogP contribution in [0.2, 0.25) is 20.1 Å². The third kappa shape index (κ3) is 5.32. The van der Waals surface area contributed by atoms with Crippen LogP contribution in [0.25, 0.3) is 0 Å². The van der Waals surface area contributed by atoms with Crippen LogP contribution in [0.5, 0.6) is 11.5 Å². The van der Waals surface area contributed by atoms with Crippen LogP contribution < -0.4 is 9.64 Å². The van der Waals surface area contributed by atoms with Crippen LogP contribution in [0.1, 0.15) is 22.4 Å². The lowest BCUT2D eigenvalue weighted by molar-refractivity contribution is -0.138. The summed E-state index contributed by atoms with van der Waals surface area (Å²) in [4.78, 5) is 25.7. The number of rotatable bonds is 7. The smallest absolute Gasteiger partial charge is 0.305 e. The first-order valence-corrected chi connectivity index (χ1v) is 12.7. The molecule has 0 bridgehead atoms. The molecule has 2 heterocycles. The van der Waals surface area contributed by atoms with Gasteiger partial charge in [0, 0.05) is 15.6 Å². The first kappa shape index (κ1) is 25.2. The summed E-state index contributed by atoms with van der Waals surface area (Å²) in [6.07, 6.45) is -0.407. The summed E-state index contributed by atoms with van der Waals surface area (Å²) in [7, 11) is 0. The number of ether oxygens (including phenoxy) is 1. The number of carbonyl (C=O) groups excluding carboxylic acids is 1. The van der Waals surface area contributed by atoms with Crippen LogP contribution in [-0.4, -0.2) is 37.5 Å². The largest absolute Gasteiger partial charge is 0.506 e. The van der Waals surface area contributed by atoms with Crippen molar-refractivity contribution in [3.8, 4) is 11.5 Å². The van der Waals surface area contributed by atoms with Crippen molar-refractivity contribution in [2.24, 2.45) is 0 Å². The summed E-state index contributed by atoms with van der Waals surface area (Å²) in [5.41, 5.74) is 0.254. The predicted octanol–water partition coefficient (Wildman–Crippen LogP) is 6.06. The summed E-state index contributed by atoms with van der Waals surface area (Å²) < 4.78 is 5.67. The third-order valence-corrected chi connectivity index (χ3v) is 7.98. The number of phenolic OH excluding ortho intramolecular Hbond substituents is 1. The number of hydrogen-bond acceptors (Lipinski definition) is 8. The van der Waals surface area contributed by atoms with Crippen molar-refractivity contribution in [2.75, 3.05) is 4.90 Å². The molecule has 3 aromatic rings. The fourth-order valence-corrected chi connectivity index (χ4v) is 6.41. The van der Waals surface area contributed by atoms with Gasteiger partial charge in [0.2, 0.25) is 11.0 Å². The van der Waals surface area contributed by atoms with Gasteiger partial charge >= 0.3 is 5.97 Å². The number of benzene rings is 2. The zero-order valence-electron chi connectivity index (χ0n) is 16.7. The van der Waals surface area contributed by atoms with E-state index in [1.807, 2.05) is 0 Å². The molecule has 8 nitrogen and oxygen atoms in total. The Hall–Kier alpha value is -1.95. The number of aromatic hydroxyl groups is 1. The quantitative estimate of drug-likeness (QED) is 0.347. The van der Waals surface area contributed by atoms with Gasteiger partial charge in [-0.05, 0) is 30.3 Å². The summed E-state index contributed by atoms with van der Waals surface area (Å²) in [6, 6.07) is 7.62. The molecule has 34 heavy (non-hydrogen) atoms. The topological polar surface area (TPSA) is 113 Å². The molecule has 2 atom stereocenters. The lowest BCUT2D eigenvalue weighted by Gasteiger charge is -2.22. The first-order valence-electron chi connectivity index (χ1n) is 9.42. The maximum atomic E-state index is 13.1. The minimum absolute atomic E-state index is 0.00313. The number of aromatic nitrogens is 2. The highest BCUT2D eigenvalue weighted by Crippen LogP contribution is 2.51. The first-order chi connectivity index (χ1) is 16.1. The van der Waals surface area contributed by atoms with E-state index in [1.165, 1.54) is 17.0 Å². The Balaban J connectivity index is 1.63. The van der Waals surface area contributed by atoms with Gasteiger partial charge in [-0.1, -0.05) is 57.7 Å².